The molecule has 1 saturated carbocycles. The van der Waals surface area contributed by atoms with Crippen LogP contribution < -0.4 is 32.2 Å². The third kappa shape index (κ3) is 9.68. The number of aryl methyl sites for hydroxylation is 1. The van der Waals surface area contributed by atoms with Crippen molar-refractivity contribution in [3.63, 3.8) is 0 Å². The van der Waals surface area contributed by atoms with Gasteiger partial charge < -0.3 is 37.1 Å². The highest BCUT2D eigenvalue weighted by Crippen LogP contribution is 2.34. The Labute approximate surface area is 229 Å². The maximum atomic E-state index is 13.9. The number of hydrogen-bond donors (Lipinski definition) is 5. The summed E-state index contributed by atoms with van der Waals surface area (Å²) in [6.45, 7) is 2.96. The van der Waals surface area contributed by atoms with Crippen LogP contribution in [0.25, 0.3) is 0 Å². The summed E-state index contributed by atoms with van der Waals surface area (Å²) in [7, 11) is 1.59. The molecule has 7 N–H and O–H groups in total. The second-order valence-electron chi connectivity index (χ2n) is 10.3. The van der Waals surface area contributed by atoms with Gasteiger partial charge in [-0.15, -0.1) is 0 Å². The van der Waals surface area contributed by atoms with Crippen LogP contribution in [0.5, 0.6) is 5.75 Å². The first-order valence-corrected chi connectivity index (χ1v) is 13.7. The quantitative estimate of drug-likeness (QED) is 0.196. The molecule has 3 unspecified atom stereocenters. The standard InChI is InChI=1S/C27H42FN7O4/c1-17-24(36)34-21(6-4-12-33-27(29)30)25(37)32-11-3-5-19-9-10-20(28)16-23(19)39-14-13-31-22(15-18-7-8-18)26(38)35(17)2/h9-10,16-18,21-22,31H,3-8,11-15H2,1-2H3,(H,32,37)(H,34,36)(H4,29,30,33). The minimum Gasteiger partial charge on any atom is -0.492 e. The lowest BCUT2D eigenvalue weighted by Crippen LogP contribution is -2.56. The van der Waals surface area contributed by atoms with E-state index in [4.69, 9.17) is 16.2 Å². The van der Waals surface area contributed by atoms with Crippen LogP contribution in [0.1, 0.15) is 51.0 Å². The summed E-state index contributed by atoms with van der Waals surface area (Å²) < 4.78 is 19.8. The van der Waals surface area contributed by atoms with E-state index >= 15 is 0 Å². The minimum atomic E-state index is -0.818. The molecular formula is C27H42FN7O4. The van der Waals surface area contributed by atoms with Gasteiger partial charge in [-0.1, -0.05) is 18.9 Å². The van der Waals surface area contributed by atoms with Gasteiger partial charge in [0.2, 0.25) is 17.7 Å². The van der Waals surface area contributed by atoms with Crippen LogP contribution in [0.2, 0.25) is 0 Å². The maximum Gasteiger partial charge on any atom is 0.243 e. The number of ether oxygens (including phenoxy) is 1. The molecule has 1 aromatic carbocycles. The summed E-state index contributed by atoms with van der Waals surface area (Å²) in [5.74, 6) is -0.474. The number of guanidine groups is 1. The van der Waals surface area contributed by atoms with E-state index in [1.807, 2.05) is 0 Å². The van der Waals surface area contributed by atoms with E-state index in [9.17, 15) is 18.8 Å². The first kappa shape index (κ1) is 30.1. The highest BCUT2D eigenvalue weighted by molar-refractivity contribution is 5.92. The number of carbonyl (C=O) groups excluding carboxylic acids is 3. The lowest BCUT2D eigenvalue weighted by molar-refractivity contribution is -0.141. The van der Waals surface area contributed by atoms with E-state index in [0.717, 1.165) is 18.4 Å². The third-order valence-corrected chi connectivity index (χ3v) is 7.15. The Balaban J connectivity index is 1.78. The topological polar surface area (TPSA) is 164 Å². The molecule has 0 spiro atoms. The highest BCUT2D eigenvalue weighted by atomic mass is 19.1. The van der Waals surface area contributed by atoms with Gasteiger partial charge in [0.25, 0.3) is 0 Å². The Bertz CT molecular complexity index is 1030. The molecule has 12 heteroatoms. The molecule has 3 atom stereocenters. The number of benzene rings is 1. The lowest BCUT2D eigenvalue weighted by atomic mass is 10.1. The Morgan fingerprint density at radius 3 is 2.64 bits per heavy atom. The molecule has 3 amide bonds. The fourth-order valence-electron chi connectivity index (χ4n) is 4.51. The average Bonchev–Trinajstić information content (AvgIpc) is 3.73. The normalized spacial score (nSPS) is 23.9. The van der Waals surface area contributed by atoms with Gasteiger partial charge in [-0.2, -0.15) is 0 Å². The molecule has 1 fully saturated rings. The summed E-state index contributed by atoms with van der Waals surface area (Å²) in [6.07, 6.45) is 4.77. The number of nitrogens with zero attached hydrogens (tertiary/aromatic N) is 2. The van der Waals surface area contributed by atoms with Crippen molar-refractivity contribution in [3.8, 4) is 5.75 Å². The Morgan fingerprint density at radius 2 is 1.92 bits per heavy atom. The molecule has 0 bridgehead atoms. The van der Waals surface area contributed by atoms with Crippen molar-refractivity contribution < 1.29 is 23.5 Å². The van der Waals surface area contributed by atoms with E-state index in [0.29, 0.717) is 63.4 Å². The molecular weight excluding hydrogens is 505 g/mol. The number of hydrogen-bond acceptors (Lipinski definition) is 6. The van der Waals surface area contributed by atoms with Gasteiger partial charge in [0.05, 0.1) is 6.04 Å². The van der Waals surface area contributed by atoms with Gasteiger partial charge in [-0.25, -0.2) is 4.39 Å². The molecule has 0 radical (unpaired) electrons. The van der Waals surface area contributed by atoms with Crippen LogP contribution in [-0.4, -0.2) is 80.0 Å². The summed E-state index contributed by atoms with van der Waals surface area (Å²) in [6, 6.07) is 2.33. The van der Waals surface area contributed by atoms with E-state index in [2.05, 4.69) is 20.9 Å². The van der Waals surface area contributed by atoms with Gasteiger partial charge in [-0.05, 0) is 56.6 Å². The number of nitrogens with one attached hydrogen (secondary N) is 3. The second-order valence-corrected chi connectivity index (χ2v) is 10.3. The first-order chi connectivity index (χ1) is 18.7. The largest absolute Gasteiger partial charge is 0.492 e. The van der Waals surface area contributed by atoms with E-state index < -0.39 is 29.8 Å². The fraction of sp³-hybridized carbons (Fsp3) is 0.630. The molecule has 1 aromatic rings. The Hall–Kier alpha value is -3.41. The summed E-state index contributed by atoms with van der Waals surface area (Å²) >= 11 is 0. The zero-order chi connectivity index (χ0) is 28.4. The molecule has 0 aromatic heterocycles. The van der Waals surface area contributed by atoms with Crippen LogP contribution in [0.4, 0.5) is 4.39 Å². The number of rotatable bonds is 6. The van der Waals surface area contributed by atoms with Gasteiger partial charge in [0.1, 0.15) is 30.3 Å². The molecule has 216 valence electrons. The molecule has 2 aliphatic rings. The molecule has 39 heavy (non-hydrogen) atoms. The van der Waals surface area contributed by atoms with Gasteiger partial charge in [-0.3, -0.25) is 19.4 Å². The SMILES string of the molecule is CC1C(=O)NC(CCCN=C(N)N)C(=O)NCCCc2ccc(F)cc2OCCNC(CC2CC2)C(=O)N1C. The highest BCUT2D eigenvalue weighted by Gasteiger charge is 2.34. The molecule has 1 heterocycles. The first-order valence-electron chi connectivity index (χ1n) is 13.7. The molecule has 0 saturated heterocycles. The second kappa shape index (κ2) is 14.7. The Kier molecular flexibility index (Phi) is 11.3. The van der Waals surface area contributed by atoms with E-state index in [1.165, 1.54) is 17.0 Å². The number of nitrogens with two attached hydrogens (primary N) is 2. The zero-order valence-corrected chi connectivity index (χ0v) is 22.9. The van der Waals surface area contributed by atoms with Gasteiger partial charge in [0, 0.05) is 32.7 Å². The van der Waals surface area contributed by atoms with Gasteiger partial charge >= 0.3 is 0 Å². The van der Waals surface area contributed by atoms with Crippen molar-refractivity contribution in [1.29, 1.82) is 0 Å². The van der Waals surface area contributed by atoms with Crippen LogP contribution in [0, 0.1) is 11.7 Å². The van der Waals surface area contributed by atoms with E-state index in [-0.39, 0.29) is 24.4 Å². The number of amides is 3. The monoisotopic (exact) mass is 547 g/mol. The maximum absolute atomic E-state index is 13.9. The van der Waals surface area contributed by atoms with Gasteiger partial charge in [0.15, 0.2) is 5.96 Å². The number of halogens is 1. The number of aliphatic imine (C=N–C) groups is 1. The Morgan fingerprint density at radius 1 is 1.15 bits per heavy atom. The number of likely N-dealkylation sites (N-methyl/N-ethyl adjacent to an activating group) is 1. The minimum absolute atomic E-state index is 0.0412. The molecule has 1 aliphatic carbocycles. The van der Waals surface area contributed by atoms with Crippen LogP contribution in [0.15, 0.2) is 23.2 Å². The van der Waals surface area contributed by atoms with Crippen molar-refractivity contribution in [1.82, 2.24) is 20.9 Å². The van der Waals surface area contributed by atoms with E-state index in [1.54, 1.807) is 20.0 Å². The number of fused-ring (bicyclic) bond motifs is 1. The predicted octanol–water partition coefficient (Wildman–Crippen LogP) is 0.411. The summed E-state index contributed by atoms with van der Waals surface area (Å²) in [5.41, 5.74) is 11.6. The summed E-state index contributed by atoms with van der Waals surface area (Å²) in [4.78, 5) is 44.9. The fourth-order valence-corrected chi connectivity index (χ4v) is 4.51. The summed E-state index contributed by atoms with van der Waals surface area (Å²) in [5, 5.41) is 8.96. The van der Waals surface area contributed by atoms with Crippen molar-refractivity contribution >= 4 is 23.7 Å². The average molecular weight is 548 g/mol. The van der Waals surface area contributed by atoms with Crippen molar-refractivity contribution in [2.45, 2.75) is 70.0 Å². The zero-order valence-electron chi connectivity index (χ0n) is 22.9. The van der Waals surface area contributed by atoms with Crippen molar-refractivity contribution in [2.24, 2.45) is 22.4 Å². The van der Waals surface area contributed by atoms with Crippen molar-refractivity contribution in [3.05, 3.63) is 29.6 Å². The predicted molar refractivity (Wildman–Crippen MR) is 146 cm³/mol. The third-order valence-electron chi connectivity index (χ3n) is 7.15. The van der Waals surface area contributed by atoms with Crippen LogP contribution in [0.3, 0.4) is 0 Å². The van der Waals surface area contributed by atoms with Crippen molar-refractivity contribution in [2.75, 3.05) is 33.3 Å². The molecule has 3 rings (SSSR count). The van der Waals surface area contributed by atoms with Crippen LogP contribution in [-0.2, 0) is 20.8 Å². The lowest BCUT2D eigenvalue weighted by Gasteiger charge is -2.30. The smallest absolute Gasteiger partial charge is 0.243 e. The molecule has 11 nitrogen and oxygen atoms in total. The molecule has 1 aliphatic heterocycles. The van der Waals surface area contributed by atoms with Crippen LogP contribution >= 0.6 is 0 Å². The number of carbonyl (C=O) groups is 3.